The zero-order valence-electron chi connectivity index (χ0n) is 14.1. The lowest BCUT2D eigenvalue weighted by atomic mass is 10.2. The van der Waals surface area contributed by atoms with Gasteiger partial charge in [-0.3, -0.25) is 0 Å². The van der Waals surface area contributed by atoms with Crippen LogP contribution in [-0.4, -0.2) is 45.6 Å². The number of benzene rings is 1. The molecule has 140 valence electrons. The summed E-state index contributed by atoms with van der Waals surface area (Å²) in [4.78, 5) is 23.3. The summed E-state index contributed by atoms with van der Waals surface area (Å²) in [5.74, 6) is -0.559. The number of amides is 2. The molecule has 12 heteroatoms. The Morgan fingerprint density at radius 2 is 1.92 bits per heavy atom. The number of nitrogens with one attached hydrogen (secondary N) is 3. The number of hydrazine groups is 2. The minimum atomic E-state index is -4.34. The second-order valence-corrected chi connectivity index (χ2v) is 6.56. The Morgan fingerprint density at radius 3 is 2.58 bits per heavy atom. The lowest BCUT2D eigenvalue weighted by Crippen LogP contribution is -2.53. The quantitative estimate of drug-likeness (QED) is 0.607. The van der Waals surface area contributed by atoms with E-state index in [4.69, 9.17) is 4.74 Å². The van der Waals surface area contributed by atoms with E-state index >= 15 is 0 Å². The molecule has 0 fully saturated rings. The molecule has 26 heavy (non-hydrogen) atoms. The molecule has 0 bridgehead atoms. The number of urea groups is 1. The van der Waals surface area contributed by atoms with Crippen molar-refractivity contribution >= 4 is 27.7 Å². The van der Waals surface area contributed by atoms with Gasteiger partial charge in [0, 0.05) is 6.08 Å². The topological polar surface area (TPSA) is 138 Å². The van der Waals surface area contributed by atoms with Crippen molar-refractivity contribution in [1.82, 2.24) is 20.8 Å². The number of hydrogen-bond acceptors (Lipinski definition) is 9. The van der Waals surface area contributed by atoms with Gasteiger partial charge in [0.15, 0.2) is 0 Å². The molecular weight excluding hydrogens is 366 g/mol. The number of esters is 1. The van der Waals surface area contributed by atoms with E-state index in [1.807, 2.05) is 0 Å². The fraction of sp³-hybridized carbons (Fsp3) is 0.214. The monoisotopic (exact) mass is 383 g/mol. The van der Waals surface area contributed by atoms with Gasteiger partial charge in [-0.15, -0.1) is 10.3 Å². The highest BCUT2D eigenvalue weighted by Gasteiger charge is 2.25. The maximum absolute atomic E-state index is 12.4. The lowest BCUT2D eigenvalue weighted by molar-refractivity contribution is 0.0596. The van der Waals surface area contributed by atoms with Crippen LogP contribution in [0.4, 0.5) is 4.79 Å². The van der Waals surface area contributed by atoms with Gasteiger partial charge < -0.3 is 9.47 Å². The summed E-state index contributed by atoms with van der Waals surface area (Å²) in [5.41, 5.74) is 5.04. The smallest absolute Gasteiger partial charge is 0.350 e. The number of rotatable bonds is 5. The highest BCUT2D eigenvalue weighted by Crippen LogP contribution is 2.16. The van der Waals surface area contributed by atoms with Crippen molar-refractivity contribution in [3.05, 3.63) is 41.8 Å². The maximum Gasteiger partial charge on any atom is 0.350 e. The van der Waals surface area contributed by atoms with Crippen LogP contribution in [0.25, 0.3) is 0 Å². The van der Waals surface area contributed by atoms with Crippen molar-refractivity contribution in [3.63, 3.8) is 0 Å². The predicted molar refractivity (Wildman–Crippen MR) is 89.8 cm³/mol. The van der Waals surface area contributed by atoms with E-state index in [9.17, 15) is 18.0 Å². The van der Waals surface area contributed by atoms with E-state index < -0.39 is 26.9 Å². The van der Waals surface area contributed by atoms with Gasteiger partial charge in [0.2, 0.25) is 5.88 Å². The number of hydrazone groups is 1. The number of methoxy groups -OCH3 is 2. The number of carbonyl (C=O) groups is 2. The first-order valence-electron chi connectivity index (χ1n) is 7.15. The van der Waals surface area contributed by atoms with Crippen LogP contribution < -0.4 is 15.6 Å². The van der Waals surface area contributed by atoms with Crippen LogP contribution in [0.15, 0.2) is 46.2 Å². The van der Waals surface area contributed by atoms with E-state index in [1.54, 1.807) is 17.7 Å². The molecule has 0 saturated heterocycles. The molecule has 1 aliphatic rings. The summed E-state index contributed by atoms with van der Waals surface area (Å²) < 4.78 is 36.2. The standard InChI is InChI=1S/C14H17N5O6S/c1-9-8-12(24-2)16-19(15-9)17-14(21)18-26(22,23)11-7-5-4-6-10(11)13(20)25-3/h4-8,16H,1-3H3,(H2,17,18,21). The minimum Gasteiger partial charge on any atom is -0.481 e. The number of allylic oxidation sites excluding steroid dienone is 1. The SMILES string of the molecule is COC(=O)c1ccccc1S(=O)(=O)NC(=O)NN1N=C(C)C=C(OC)N1. The molecular formula is C14H17N5O6S. The normalized spacial score (nSPS) is 13.7. The Morgan fingerprint density at radius 1 is 1.23 bits per heavy atom. The molecule has 1 aromatic rings. The largest absolute Gasteiger partial charge is 0.481 e. The highest BCUT2D eigenvalue weighted by molar-refractivity contribution is 7.90. The zero-order valence-corrected chi connectivity index (χ0v) is 15.0. The molecule has 0 aromatic heterocycles. The average molecular weight is 383 g/mol. The third-order valence-corrected chi connectivity index (χ3v) is 4.44. The first-order chi connectivity index (χ1) is 12.3. The maximum atomic E-state index is 12.4. The Hall–Kier alpha value is -3.28. The fourth-order valence-electron chi connectivity index (χ4n) is 1.97. The Labute approximate surface area is 149 Å². The molecule has 1 aromatic carbocycles. The van der Waals surface area contributed by atoms with Crippen molar-refractivity contribution in [1.29, 1.82) is 0 Å². The summed E-state index contributed by atoms with van der Waals surface area (Å²) in [7, 11) is -1.81. The van der Waals surface area contributed by atoms with Crippen molar-refractivity contribution in [2.45, 2.75) is 11.8 Å². The van der Waals surface area contributed by atoms with Crippen molar-refractivity contribution < 1.29 is 27.5 Å². The molecule has 0 unspecified atom stereocenters. The summed E-state index contributed by atoms with van der Waals surface area (Å²) >= 11 is 0. The van der Waals surface area contributed by atoms with E-state index in [0.717, 1.165) is 12.3 Å². The van der Waals surface area contributed by atoms with Gasteiger partial charge in [-0.05, 0) is 19.1 Å². The molecule has 0 saturated carbocycles. The third-order valence-electron chi connectivity index (χ3n) is 3.05. The van der Waals surface area contributed by atoms with Gasteiger partial charge in [0.1, 0.15) is 4.90 Å². The first-order valence-corrected chi connectivity index (χ1v) is 8.63. The van der Waals surface area contributed by atoms with Crippen molar-refractivity contribution in [2.24, 2.45) is 5.10 Å². The van der Waals surface area contributed by atoms with Crippen LogP contribution in [0.3, 0.4) is 0 Å². The molecule has 3 N–H and O–H groups in total. The van der Waals surface area contributed by atoms with Crippen molar-refractivity contribution in [3.8, 4) is 0 Å². The van der Waals surface area contributed by atoms with Crippen molar-refractivity contribution in [2.75, 3.05) is 14.2 Å². The Balaban J connectivity index is 2.14. The van der Waals surface area contributed by atoms with Gasteiger partial charge in [0.25, 0.3) is 10.0 Å². The van der Waals surface area contributed by atoms with Gasteiger partial charge in [-0.2, -0.15) is 0 Å². The van der Waals surface area contributed by atoms with Crippen LogP contribution >= 0.6 is 0 Å². The number of nitrogens with zero attached hydrogens (tertiary/aromatic N) is 2. The Kier molecular flexibility index (Phi) is 5.67. The second-order valence-electron chi connectivity index (χ2n) is 4.91. The number of hydrogen-bond donors (Lipinski definition) is 3. The lowest BCUT2D eigenvalue weighted by Gasteiger charge is -2.25. The fourth-order valence-corrected chi connectivity index (χ4v) is 3.07. The van der Waals surface area contributed by atoms with Gasteiger partial charge in [0.05, 0.1) is 25.5 Å². The molecule has 0 radical (unpaired) electrons. The average Bonchev–Trinajstić information content (AvgIpc) is 2.59. The molecule has 1 heterocycles. The number of sulfonamides is 1. The van der Waals surface area contributed by atoms with Crippen LogP contribution in [-0.2, 0) is 19.5 Å². The van der Waals surface area contributed by atoms with Crippen LogP contribution in [0, 0.1) is 0 Å². The van der Waals surface area contributed by atoms with E-state index in [2.05, 4.69) is 20.7 Å². The van der Waals surface area contributed by atoms with Gasteiger partial charge >= 0.3 is 12.0 Å². The first kappa shape index (κ1) is 19.1. The molecule has 11 nitrogen and oxygen atoms in total. The molecule has 0 aliphatic carbocycles. The third kappa shape index (κ3) is 4.42. The highest BCUT2D eigenvalue weighted by atomic mass is 32.2. The van der Waals surface area contributed by atoms with Crippen LogP contribution in [0.1, 0.15) is 17.3 Å². The van der Waals surface area contributed by atoms with Gasteiger partial charge in [-0.25, -0.2) is 33.6 Å². The molecule has 1 aliphatic heterocycles. The van der Waals surface area contributed by atoms with Gasteiger partial charge in [-0.1, -0.05) is 12.1 Å². The van der Waals surface area contributed by atoms with E-state index in [1.165, 1.54) is 31.4 Å². The molecule has 0 atom stereocenters. The van der Waals surface area contributed by atoms with E-state index in [-0.39, 0.29) is 11.4 Å². The second kappa shape index (κ2) is 7.74. The predicted octanol–water partition coefficient (Wildman–Crippen LogP) is 0.0600. The zero-order chi connectivity index (χ0) is 19.3. The molecule has 2 amide bonds. The van der Waals surface area contributed by atoms with E-state index in [0.29, 0.717) is 5.71 Å². The minimum absolute atomic E-state index is 0.204. The summed E-state index contributed by atoms with van der Waals surface area (Å²) in [6.45, 7) is 1.65. The number of ether oxygens (including phenoxy) is 2. The molecule has 0 spiro atoms. The molecule has 2 rings (SSSR count). The summed E-state index contributed by atoms with van der Waals surface area (Å²) in [5, 5.41) is 4.80. The summed E-state index contributed by atoms with van der Waals surface area (Å²) in [6.07, 6.45) is 1.57. The Bertz CT molecular complexity index is 880. The summed E-state index contributed by atoms with van der Waals surface area (Å²) in [6, 6.07) is 4.22. The number of carbonyl (C=O) groups excluding carboxylic acids is 2. The van der Waals surface area contributed by atoms with Crippen LogP contribution in [0.5, 0.6) is 0 Å². The van der Waals surface area contributed by atoms with Crippen LogP contribution in [0.2, 0.25) is 0 Å².